The number of phenolic OH excluding ortho intramolecular Hbond substituents is 8. The first kappa shape index (κ1) is 41.5. The van der Waals surface area contributed by atoms with Gasteiger partial charge >= 0.3 is 0 Å². The van der Waals surface area contributed by atoms with E-state index in [2.05, 4.69) is 0 Å². The zero-order valence-corrected chi connectivity index (χ0v) is 32.7. The highest BCUT2D eigenvalue weighted by molar-refractivity contribution is 6.03. The summed E-state index contributed by atoms with van der Waals surface area (Å²) in [5, 5.41) is 109. The number of aliphatic hydroxyl groups is 2. The summed E-state index contributed by atoms with van der Waals surface area (Å²) in [6.45, 7) is 7.96. The third-order valence-corrected chi connectivity index (χ3v) is 10.9. The van der Waals surface area contributed by atoms with Crippen LogP contribution in [0, 0.1) is 5.92 Å². The number of carbonyl (C=O) groups excluding carboxylic acids is 1. The second-order valence-corrected chi connectivity index (χ2v) is 16.5. The minimum Gasteiger partial charge on any atom is -0.508 e. The van der Waals surface area contributed by atoms with Crippen LogP contribution in [0.25, 0.3) is 22.3 Å². The molecular weight excluding hydrogens is 748 g/mol. The van der Waals surface area contributed by atoms with Gasteiger partial charge in [0, 0.05) is 52.6 Å². The molecular formula is C45H48O13. The second kappa shape index (κ2) is 15.3. The number of rotatable bonds is 11. The third kappa shape index (κ3) is 8.13. The number of phenols is 8. The first-order valence-corrected chi connectivity index (χ1v) is 18.8. The smallest absolute Gasteiger partial charge is 0.200 e. The summed E-state index contributed by atoms with van der Waals surface area (Å²) in [5.41, 5.74) is -3.02. The number of hydrogen-bond acceptors (Lipinski definition) is 13. The van der Waals surface area contributed by atoms with Gasteiger partial charge in [-0.2, -0.15) is 0 Å². The maximum absolute atomic E-state index is 15.2. The molecule has 306 valence electrons. The molecule has 0 saturated carbocycles. The van der Waals surface area contributed by atoms with Crippen LogP contribution < -0.4 is 5.43 Å². The number of hydrogen-bond donors (Lipinski definition) is 10. The Labute approximate surface area is 333 Å². The van der Waals surface area contributed by atoms with Gasteiger partial charge in [-0.3, -0.25) is 9.59 Å². The largest absolute Gasteiger partial charge is 0.508 e. The number of Topliss-reactive ketones (excluding diaryl/α,β-unsaturated/α-hetero) is 1. The Hall–Kier alpha value is -6.18. The van der Waals surface area contributed by atoms with E-state index in [1.807, 2.05) is 0 Å². The van der Waals surface area contributed by atoms with Gasteiger partial charge in [0.25, 0.3) is 0 Å². The summed E-state index contributed by atoms with van der Waals surface area (Å²) in [6, 6.07) is 11.0. The Bertz CT molecular complexity index is 2520. The van der Waals surface area contributed by atoms with Crippen molar-refractivity contribution < 1.29 is 60.3 Å². The van der Waals surface area contributed by atoms with Gasteiger partial charge in [-0.25, -0.2) is 0 Å². The van der Waals surface area contributed by atoms with E-state index in [1.165, 1.54) is 36.4 Å². The lowest BCUT2D eigenvalue weighted by Crippen LogP contribution is -2.32. The molecule has 4 aromatic carbocycles. The average Bonchev–Trinajstić information content (AvgIpc) is 3.09. The van der Waals surface area contributed by atoms with Crippen molar-refractivity contribution >= 4 is 16.8 Å². The van der Waals surface area contributed by atoms with Crippen molar-refractivity contribution in [1.82, 2.24) is 0 Å². The van der Waals surface area contributed by atoms with E-state index < -0.39 is 63.2 Å². The zero-order chi connectivity index (χ0) is 42.6. The molecule has 13 nitrogen and oxygen atoms in total. The number of allylic oxidation sites excluding steroid dienone is 2. The van der Waals surface area contributed by atoms with E-state index in [-0.39, 0.29) is 105 Å². The molecule has 1 heterocycles. The summed E-state index contributed by atoms with van der Waals surface area (Å²) in [6.07, 6.45) is 1.92. The molecule has 0 fully saturated rings. The lowest BCUT2D eigenvalue weighted by molar-refractivity contribution is 0.0705. The highest BCUT2D eigenvalue weighted by Crippen LogP contribution is 2.54. The number of fused-ring (bicyclic) bond motifs is 1. The SMILES string of the molecule is CC1=C[C@@H](c2c(O)cc(O)c3c(=O)c(CCC(C)(C)O)c(-c4ccc(O)cc4O)oc23)[C@H](C(=O)c2ccc(O)c(CCC(C)(C)O)c2O)[C@@H](c2ccc(O)cc2O)C1. The predicted molar refractivity (Wildman–Crippen MR) is 215 cm³/mol. The molecule has 1 aliphatic carbocycles. The number of ketones is 1. The number of carbonyl (C=O) groups is 1. The summed E-state index contributed by atoms with van der Waals surface area (Å²) in [5.74, 6) is -7.73. The molecule has 1 aromatic heterocycles. The molecule has 0 bridgehead atoms. The lowest BCUT2D eigenvalue weighted by Gasteiger charge is -2.37. The van der Waals surface area contributed by atoms with Crippen LogP contribution in [0.4, 0.5) is 0 Å². The number of aromatic hydroxyl groups is 8. The predicted octanol–water partition coefficient (Wildman–Crippen LogP) is 7.23. The standard InChI is InChI=1S/C45H48O13/c1-21-16-29(24-8-6-22(46)18-32(24)49)36(40(54)27-10-11-31(48)25(39(27)53)12-14-44(2,3)56)30(17-21)37-34(51)20-35(52)38-41(55)28(13-15-45(4,5)57)42(58-43(37)38)26-9-7-23(47)19-33(26)50/h6-11,17-20,29-30,36,46-53,56-57H,12-16H2,1-5H3/t29-,30-,36-/m1/s1. The first-order chi connectivity index (χ1) is 27.1. The molecule has 0 saturated heterocycles. The Kier molecular flexibility index (Phi) is 10.9. The van der Waals surface area contributed by atoms with Gasteiger partial charge in [-0.05, 0) is 103 Å². The van der Waals surface area contributed by atoms with Crippen molar-refractivity contribution in [1.29, 1.82) is 0 Å². The van der Waals surface area contributed by atoms with E-state index in [1.54, 1.807) is 40.7 Å². The van der Waals surface area contributed by atoms with E-state index in [0.29, 0.717) is 5.57 Å². The van der Waals surface area contributed by atoms with Gasteiger partial charge in [0.2, 0.25) is 0 Å². The normalized spacial score (nSPS) is 17.4. The molecule has 58 heavy (non-hydrogen) atoms. The topological polar surface area (TPSA) is 250 Å². The molecule has 13 heteroatoms. The quantitative estimate of drug-likeness (QED) is 0.0469. The van der Waals surface area contributed by atoms with Gasteiger partial charge in [-0.15, -0.1) is 0 Å². The zero-order valence-electron chi connectivity index (χ0n) is 32.7. The molecule has 0 unspecified atom stereocenters. The van der Waals surface area contributed by atoms with Crippen molar-refractivity contribution in [3.8, 4) is 57.3 Å². The number of benzene rings is 4. The van der Waals surface area contributed by atoms with Crippen LogP contribution in [0.1, 0.15) is 98.3 Å². The highest BCUT2D eigenvalue weighted by Gasteiger charge is 2.44. The summed E-state index contributed by atoms with van der Waals surface area (Å²) >= 11 is 0. The van der Waals surface area contributed by atoms with E-state index in [4.69, 9.17) is 4.42 Å². The third-order valence-electron chi connectivity index (χ3n) is 10.9. The molecule has 0 amide bonds. The van der Waals surface area contributed by atoms with Crippen LogP contribution in [0.2, 0.25) is 0 Å². The Morgan fingerprint density at radius 3 is 1.93 bits per heavy atom. The van der Waals surface area contributed by atoms with Crippen LogP contribution in [-0.4, -0.2) is 68.1 Å². The minimum absolute atomic E-state index is 0.00516. The summed E-state index contributed by atoms with van der Waals surface area (Å²) in [7, 11) is 0. The maximum atomic E-state index is 15.2. The van der Waals surface area contributed by atoms with Gasteiger partial charge in [0.15, 0.2) is 11.2 Å². The lowest BCUT2D eigenvalue weighted by atomic mass is 9.65. The maximum Gasteiger partial charge on any atom is 0.200 e. The minimum atomic E-state index is -1.30. The molecule has 6 rings (SSSR count). The fraction of sp³-hybridized carbons (Fsp3) is 0.333. The van der Waals surface area contributed by atoms with E-state index >= 15 is 4.79 Å². The van der Waals surface area contributed by atoms with Crippen LogP contribution in [-0.2, 0) is 12.8 Å². The van der Waals surface area contributed by atoms with Gasteiger partial charge < -0.3 is 55.5 Å². The molecule has 0 spiro atoms. The van der Waals surface area contributed by atoms with Crippen LogP contribution >= 0.6 is 0 Å². The fourth-order valence-corrected chi connectivity index (χ4v) is 7.94. The van der Waals surface area contributed by atoms with Crippen molar-refractivity contribution in [2.75, 3.05) is 0 Å². The molecule has 5 aromatic rings. The van der Waals surface area contributed by atoms with Crippen LogP contribution in [0.15, 0.2) is 75.5 Å². The molecule has 0 aliphatic heterocycles. The van der Waals surface area contributed by atoms with Gasteiger partial charge in [0.1, 0.15) is 62.7 Å². The molecule has 0 radical (unpaired) electrons. The monoisotopic (exact) mass is 796 g/mol. The van der Waals surface area contributed by atoms with E-state index in [9.17, 15) is 55.9 Å². The van der Waals surface area contributed by atoms with E-state index in [0.717, 1.165) is 18.2 Å². The van der Waals surface area contributed by atoms with Crippen molar-refractivity contribution in [3.63, 3.8) is 0 Å². The Morgan fingerprint density at radius 2 is 1.33 bits per heavy atom. The first-order valence-electron chi connectivity index (χ1n) is 18.8. The highest BCUT2D eigenvalue weighted by atomic mass is 16.3. The average molecular weight is 797 g/mol. The summed E-state index contributed by atoms with van der Waals surface area (Å²) < 4.78 is 6.49. The van der Waals surface area contributed by atoms with Crippen LogP contribution in [0.5, 0.6) is 46.0 Å². The molecule has 3 atom stereocenters. The summed E-state index contributed by atoms with van der Waals surface area (Å²) in [4.78, 5) is 29.7. The Balaban J connectivity index is 1.67. The van der Waals surface area contributed by atoms with Gasteiger partial charge in [0.05, 0.1) is 22.3 Å². The van der Waals surface area contributed by atoms with Gasteiger partial charge in [-0.1, -0.05) is 17.7 Å². The fourth-order valence-electron chi connectivity index (χ4n) is 7.94. The van der Waals surface area contributed by atoms with Crippen LogP contribution in [0.3, 0.4) is 0 Å². The Morgan fingerprint density at radius 1 is 0.724 bits per heavy atom. The van der Waals surface area contributed by atoms with Crippen molar-refractivity contribution in [2.45, 2.75) is 89.8 Å². The molecule has 10 N–H and O–H groups in total. The van der Waals surface area contributed by atoms with Crippen molar-refractivity contribution in [2.24, 2.45) is 5.92 Å². The van der Waals surface area contributed by atoms with Crippen molar-refractivity contribution in [3.05, 3.63) is 104 Å². The second-order valence-electron chi connectivity index (χ2n) is 16.5. The molecule has 1 aliphatic rings.